The van der Waals surface area contributed by atoms with Crippen molar-refractivity contribution < 1.29 is 19.1 Å². The molecule has 5 nitrogen and oxygen atoms in total. The molecule has 0 unspecified atom stereocenters. The quantitative estimate of drug-likeness (QED) is 0.532. The van der Waals surface area contributed by atoms with Crippen molar-refractivity contribution in [1.82, 2.24) is 4.57 Å². The molecule has 0 aliphatic carbocycles. The number of esters is 1. The Bertz CT molecular complexity index is 356. The molecule has 0 radical (unpaired) electrons. The van der Waals surface area contributed by atoms with Gasteiger partial charge in [0.2, 0.25) is 0 Å². The Hall–Kier alpha value is -1.62. The minimum Gasteiger partial charge on any atom is -0.464 e. The van der Waals surface area contributed by atoms with Crippen molar-refractivity contribution in [3.8, 4) is 0 Å². The summed E-state index contributed by atoms with van der Waals surface area (Å²) in [5.74, 6) is -0.459. The highest BCUT2D eigenvalue weighted by molar-refractivity contribution is 5.90. The Kier molecular flexibility index (Phi) is 4.05. The minimum absolute atomic E-state index is 0.358. The molecule has 0 aliphatic rings. The van der Waals surface area contributed by atoms with Crippen LogP contribution in [0, 0.1) is 0 Å². The second kappa shape index (κ2) is 5.31. The number of methoxy groups -OCH3 is 2. The van der Waals surface area contributed by atoms with E-state index in [-0.39, 0.29) is 0 Å². The van der Waals surface area contributed by atoms with Crippen LogP contribution in [0.5, 0.6) is 0 Å². The molecule has 0 bridgehead atoms. The fourth-order valence-electron chi connectivity index (χ4n) is 1.25. The smallest absolute Gasteiger partial charge is 0.354 e. The molecule has 0 aliphatic heterocycles. The van der Waals surface area contributed by atoms with Gasteiger partial charge in [-0.2, -0.15) is 0 Å². The summed E-state index contributed by atoms with van der Waals surface area (Å²) in [5, 5.41) is 0. The molecule has 1 aromatic heterocycles. The molecular formula is C10H13NO4. The Balaban J connectivity index is 2.94. The van der Waals surface area contributed by atoms with E-state index in [1.54, 1.807) is 17.9 Å². The van der Waals surface area contributed by atoms with Crippen LogP contribution in [0.1, 0.15) is 20.8 Å². The lowest BCUT2D eigenvalue weighted by Crippen LogP contribution is -2.12. The summed E-state index contributed by atoms with van der Waals surface area (Å²) in [6.45, 7) is 0.978. The van der Waals surface area contributed by atoms with Gasteiger partial charge in [0.05, 0.1) is 13.7 Å². The predicted octanol–water partition coefficient (Wildman–Crippen LogP) is 0.734. The van der Waals surface area contributed by atoms with Gasteiger partial charge in [0.25, 0.3) is 0 Å². The Morgan fingerprint density at radius 2 is 2.27 bits per heavy atom. The molecule has 15 heavy (non-hydrogen) atoms. The number of aromatic nitrogens is 1. The molecule has 0 aromatic carbocycles. The Morgan fingerprint density at radius 3 is 2.80 bits per heavy atom. The zero-order valence-corrected chi connectivity index (χ0v) is 8.73. The summed E-state index contributed by atoms with van der Waals surface area (Å²) in [6, 6.07) is 1.49. The third-order valence-corrected chi connectivity index (χ3v) is 1.98. The van der Waals surface area contributed by atoms with Crippen molar-refractivity contribution in [3.63, 3.8) is 0 Å². The lowest BCUT2D eigenvalue weighted by molar-refractivity contribution is 0.0586. The first kappa shape index (κ1) is 11.5. The number of rotatable bonds is 5. The van der Waals surface area contributed by atoms with Gasteiger partial charge in [-0.3, -0.25) is 4.79 Å². The maximum atomic E-state index is 11.3. The minimum atomic E-state index is -0.459. The standard InChI is InChI=1S/C10H13NO4/c1-14-4-3-11-6-8(7-12)5-9(11)10(13)15-2/h5-7H,3-4H2,1-2H3. The zero-order valence-electron chi connectivity index (χ0n) is 8.73. The normalized spacial score (nSPS) is 10.0. The molecule has 5 heteroatoms. The van der Waals surface area contributed by atoms with Gasteiger partial charge >= 0.3 is 5.97 Å². The van der Waals surface area contributed by atoms with E-state index in [9.17, 15) is 9.59 Å². The van der Waals surface area contributed by atoms with Crippen LogP contribution in [0.15, 0.2) is 12.3 Å². The van der Waals surface area contributed by atoms with Crippen molar-refractivity contribution in [2.24, 2.45) is 0 Å². The van der Waals surface area contributed by atoms with E-state index in [0.717, 1.165) is 0 Å². The van der Waals surface area contributed by atoms with Crippen molar-refractivity contribution >= 4 is 12.3 Å². The number of carbonyl (C=O) groups is 2. The van der Waals surface area contributed by atoms with Gasteiger partial charge in [0.1, 0.15) is 5.69 Å². The molecule has 0 atom stereocenters. The van der Waals surface area contributed by atoms with Crippen LogP contribution >= 0.6 is 0 Å². The maximum Gasteiger partial charge on any atom is 0.354 e. The number of nitrogens with zero attached hydrogens (tertiary/aromatic N) is 1. The zero-order chi connectivity index (χ0) is 11.3. The van der Waals surface area contributed by atoms with Gasteiger partial charge in [-0.1, -0.05) is 0 Å². The molecule has 0 N–H and O–H groups in total. The molecule has 82 valence electrons. The van der Waals surface area contributed by atoms with E-state index >= 15 is 0 Å². The molecule has 0 spiro atoms. The Morgan fingerprint density at radius 1 is 1.53 bits per heavy atom. The van der Waals surface area contributed by atoms with E-state index in [1.807, 2.05) is 0 Å². The molecule has 1 heterocycles. The molecule has 0 saturated carbocycles. The van der Waals surface area contributed by atoms with E-state index in [2.05, 4.69) is 4.74 Å². The van der Waals surface area contributed by atoms with E-state index in [1.165, 1.54) is 13.2 Å². The van der Waals surface area contributed by atoms with Crippen LogP contribution in [0.2, 0.25) is 0 Å². The molecule has 0 fully saturated rings. The largest absolute Gasteiger partial charge is 0.464 e. The molecule has 0 amide bonds. The molecule has 1 aromatic rings. The summed E-state index contributed by atoms with van der Waals surface area (Å²) in [4.78, 5) is 21.9. The monoisotopic (exact) mass is 211 g/mol. The van der Waals surface area contributed by atoms with Crippen LogP contribution in [0.4, 0.5) is 0 Å². The number of aldehydes is 1. The summed E-state index contributed by atoms with van der Waals surface area (Å²) in [6.07, 6.45) is 2.29. The average Bonchev–Trinajstić information content (AvgIpc) is 2.68. The van der Waals surface area contributed by atoms with Gasteiger partial charge < -0.3 is 14.0 Å². The highest BCUT2D eigenvalue weighted by atomic mass is 16.5. The van der Waals surface area contributed by atoms with Gasteiger partial charge in [-0.25, -0.2) is 4.79 Å². The first-order chi connectivity index (χ1) is 7.22. The maximum absolute atomic E-state index is 11.3. The van der Waals surface area contributed by atoms with Crippen LogP contribution in [0.25, 0.3) is 0 Å². The number of hydrogen-bond donors (Lipinski definition) is 0. The number of hydrogen-bond acceptors (Lipinski definition) is 4. The van der Waals surface area contributed by atoms with Crippen molar-refractivity contribution in [1.29, 1.82) is 0 Å². The second-order valence-electron chi connectivity index (χ2n) is 2.95. The lowest BCUT2D eigenvalue weighted by Gasteiger charge is -2.05. The van der Waals surface area contributed by atoms with Crippen LogP contribution in [0.3, 0.4) is 0 Å². The number of carbonyl (C=O) groups excluding carboxylic acids is 2. The SMILES string of the molecule is COCCn1cc(C=O)cc1C(=O)OC. The van der Waals surface area contributed by atoms with E-state index in [0.29, 0.717) is 30.7 Å². The van der Waals surface area contributed by atoms with Gasteiger partial charge in [-0.05, 0) is 6.07 Å². The number of ether oxygens (including phenoxy) is 2. The predicted molar refractivity (Wildman–Crippen MR) is 53.0 cm³/mol. The first-order valence-electron chi connectivity index (χ1n) is 4.45. The first-order valence-corrected chi connectivity index (χ1v) is 4.45. The van der Waals surface area contributed by atoms with Gasteiger partial charge in [0, 0.05) is 25.4 Å². The van der Waals surface area contributed by atoms with Gasteiger partial charge in [0.15, 0.2) is 6.29 Å². The fourth-order valence-corrected chi connectivity index (χ4v) is 1.25. The van der Waals surface area contributed by atoms with Crippen LogP contribution < -0.4 is 0 Å². The average molecular weight is 211 g/mol. The highest BCUT2D eigenvalue weighted by Crippen LogP contribution is 2.08. The van der Waals surface area contributed by atoms with E-state index in [4.69, 9.17) is 4.74 Å². The topological polar surface area (TPSA) is 57.5 Å². The third kappa shape index (κ3) is 2.66. The fraction of sp³-hybridized carbons (Fsp3) is 0.400. The van der Waals surface area contributed by atoms with Crippen molar-refractivity contribution in [3.05, 3.63) is 23.5 Å². The summed E-state index contributed by atoms with van der Waals surface area (Å²) < 4.78 is 11.1. The Labute approximate surface area is 87.6 Å². The molecule has 1 rings (SSSR count). The second-order valence-corrected chi connectivity index (χ2v) is 2.95. The van der Waals surface area contributed by atoms with Crippen molar-refractivity contribution in [2.75, 3.05) is 20.8 Å². The van der Waals surface area contributed by atoms with Crippen LogP contribution in [-0.2, 0) is 16.0 Å². The molecule has 0 saturated heterocycles. The third-order valence-electron chi connectivity index (χ3n) is 1.98. The van der Waals surface area contributed by atoms with Crippen LogP contribution in [-0.4, -0.2) is 37.6 Å². The summed E-state index contributed by atoms with van der Waals surface area (Å²) >= 11 is 0. The van der Waals surface area contributed by atoms with E-state index < -0.39 is 5.97 Å². The summed E-state index contributed by atoms with van der Waals surface area (Å²) in [5.41, 5.74) is 0.808. The van der Waals surface area contributed by atoms with Crippen molar-refractivity contribution in [2.45, 2.75) is 6.54 Å². The summed E-state index contributed by atoms with van der Waals surface area (Å²) in [7, 11) is 2.87. The highest BCUT2D eigenvalue weighted by Gasteiger charge is 2.13. The lowest BCUT2D eigenvalue weighted by atomic mass is 10.3. The van der Waals surface area contributed by atoms with Gasteiger partial charge in [-0.15, -0.1) is 0 Å². The molecular weight excluding hydrogens is 198 g/mol.